The van der Waals surface area contributed by atoms with E-state index in [1.807, 2.05) is 0 Å². The molecule has 0 heterocycles. The summed E-state index contributed by atoms with van der Waals surface area (Å²) in [5.41, 5.74) is 6.41. The number of benzene rings is 1. The van der Waals surface area contributed by atoms with Crippen molar-refractivity contribution in [3.8, 4) is 5.75 Å². The summed E-state index contributed by atoms with van der Waals surface area (Å²) in [6.07, 6.45) is -4.34. The molecule has 1 atom stereocenters. The Kier molecular flexibility index (Phi) is 4.77. The molecule has 1 aromatic carbocycles. The van der Waals surface area contributed by atoms with Gasteiger partial charge in [0.2, 0.25) is 0 Å². The van der Waals surface area contributed by atoms with Crippen molar-refractivity contribution in [3.05, 3.63) is 29.8 Å². The third-order valence-corrected chi connectivity index (χ3v) is 1.97. The highest BCUT2D eigenvalue weighted by atomic mass is 19.4. The summed E-state index contributed by atoms with van der Waals surface area (Å²) in [6.45, 7) is -0.0185. The molecule has 0 aliphatic rings. The van der Waals surface area contributed by atoms with Gasteiger partial charge >= 0.3 is 6.18 Å². The Morgan fingerprint density at radius 2 is 1.94 bits per heavy atom. The van der Waals surface area contributed by atoms with Crippen molar-refractivity contribution in [1.29, 1.82) is 0 Å². The van der Waals surface area contributed by atoms with Crippen molar-refractivity contribution in [2.24, 2.45) is 5.73 Å². The molecule has 0 aliphatic heterocycles. The molecule has 96 valence electrons. The molecule has 0 fully saturated rings. The fourth-order valence-electron chi connectivity index (χ4n) is 1.25. The topological polar surface area (TPSA) is 44.5 Å². The highest BCUT2D eigenvalue weighted by molar-refractivity contribution is 5.35. The summed E-state index contributed by atoms with van der Waals surface area (Å²) in [6, 6.07) is 6.63. The maximum atomic E-state index is 11.8. The largest absolute Gasteiger partial charge is 0.467 e. The third-order valence-electron chi connectivity index (χ3n) is 1.97. The number of hydrogen-bond donors (Lipinski definition) is 1. The first kappa shape index (κ1) is 13.8. The number of hydrogen-bond acceptors (Lipinski definition) is 3. The lowest BCUT2D eigenvalue weighted by molar-refractivity contribution is -0.186. The number of nitrogens with two attached hydrogens (primary N) is 1. The van der Waals surface area contributed by atoms with Crippen molar-refractivity contribution in [3.63, 3.8) is 0 Å². The summed E-state index contributed by atoms with van der Waals surface area (Å²) in [5.74, 6) is 0.435. The van der Waals surface area contributed by atoms with Gasteiger partial charge in [-0.2, -0.15) is 13.2 Å². The van der Waals surface area contributed by atoms with Gasteiger partial charge < -0.3 is 15.2 Å². The molecule has 0 bridgehead atoms. The van der Waals surface area contributed by atoms with E-state index in [4.69, 9.17) is 10.5 Å². The van der Waals surface area contributed by atoms with E-state index >= 15 is 0 Å². The van der Waals surface area contributed by atoms with Crippen LogP contribution in [0.15, 0.2) is 24.3 Å². The van der Waals surface area contributed by atoms with Crippen LogP contribution in [0.25, 0.3) is 0 Å². The molecule has 2 N–H and O–H groups in total. The summed E-state index contributed by atoms with van der Waals surface area (Å²) >= 11 is 0. The molecule has 1 aromatic rings. The minimum Gasteiger partial charge on any atom is -0.467 e. The van der Waals surface area contributed by atoms with Crippen molar-refractivity contribution in [2.45, 2.75) is 19.1 Å². The van der Waals surface area contributed by atoms with Gasteiger partial charge in [0.15, 0.2) is 6.79 Å². The Balaban J connectivity index is 2.47. The van der Waals surface area contributed by atoms with E-state index < -0.39 is 19.6 Å². The van der Waals surface area contributed by atoms with Crippen LogP contribution >= 0.6 is 0 Å². The third kappa shape index (κ3) is 5.06. The molecule has 0 unspecified atom stereocenters. The van der Waals surface area contributed by atoms with Gasteiger partial charge in [-0.15, -0.1) is 0 Å². The number of alkyl halides is 3. The molecule has 17 heavy (non-hydrogen) atoms. The quantitative estimate of drug-likeness (QED) is 0.644. The van der Waals surface area contributed by atoms with Crippen LogP contribution in [0, 0.1) is 0 Å². The van der Waals surface area contributed by atoms with E-state index in [1.54, 1.807) is 31.2 Å². The smallest absolute Gasteiger partial charge is 0.411 e. The molecule has 1 rings (SSSR count). The minimum absolute atomic E-state index is 0.256. The van der Waals surface area contributed by atoms with Crippen LogP contribution in [0.5, 0.6) is 5.75 Å². The molecular weight excluding hydrogens is 235 g/mol. The Hall–Kier alpha value is -1.27. The zero-order valence-electron chi connectivity index (χ0n) is 9.33. The number of para-hydroxylation sites is 1. The standard InChI is InChI=1S/C11H14F3NO2/c1-8(15)9-4-2-3-5-10(9)17-7-16-6-11(12,13)14/h2-5,8H,6-7,15H2,1H3/t8-/m1/s1. The van der Waals surface area contributed by atoms with Gasteiger partial charge in [0, 0.05) is 11.6 Å². The lowest BCUT2D eigenvalue weighted by Crippen LogP contribution is -2.19. The van der Waals surface area contributed by atoms with E-state index in [9.17, 15) is 13.2 Å². The summed E-state index contributed by atoms with van der Waals surface area (Å²) < 4.78 is 44.8. The van der Waals surface area contributed by atoms with Crippen molar-refractivity contribution >= 4 is 0 Å². The molecule has 0 amide bonds. The molecule has 0 radical (unpaired) electrons. The van der Waals surface area contributed by atoms with Gasteiger partial charge in [0.1, 0.15) is 12.4 Å². The fraction of sp³-hybridized carbons (Fsp3) is 0.455. The molecule has 0 aliphatic carbocycles. The molecule has 3 nitrogen and oxygen atoms in total. The lowest BCUT2D eigenvalue weighted by atomic mass is 10.1. The van der Waals surface area contributed by atoms with E-state index in [0.717, 1.165) is 5.56 Å². The molecule has 0 saturated heterocycles. The van der Waals surface area contributed by atoms with Crippen LogP contribution in [0.1, 0.15) is 18.5 Å². The SMILES string of the molecule is C[C@@H](N)c1ccccc1OCOCC(F)(F)F. The van der Waals surface area contributed by atoms with Crippen LogP contribution in [0.4, 0.5) is 13.2 Å². The Morgan fingerprint density at radius 1 is 1.29 bits per heavy atom. The van der Waals surface area contributed by atoms with Crippen LogP contribution in [0.3, 0.4) is 0 Å². The number of halogens is 3. The Labute approximate surface area is 97.3 Å². The summed E-state index contributed by atoms with van der Waals surface area (Å²) in [5, 5.41) is 0. The zero-order valence-corrected chi connectivity index (χ0v) is 9.33. The molecule has 0 aromatic heterocycles. The van der Waals surface area contributed by atoms with Crippen molar-refractivity contribution in [1.82, 2.24) is 0 Å². The second-order valence-corrected chi connectivity index (χ2v) is 3.55. The lowest BCUT2D eigenvalue weighted by Gasteiger charge is -2.14. The van der Waals surface area contributed by atoms with E-state index in [0.29, 0.717) is 5.75 Å². The van der Waals surface area contributed by atoms with Crippen LogP contribution in [0.2, 0.25) is 0 Å². The summed E-state index contributed by atoms with van der Waals surface area (Å²) in [4.78, 5) is 0. The first-order valence-electron chi connectivity index (χ1n) is 5.02. The average Bonchev–Trinajstić information content (AvgIpc) is 2.23. The van der Waals surface area contributed by atoms with Gasteiger partial charge in [-0.3, -0.25) is 0 Å². The van der Waals surface area contributed by atoms with Crippen molar-refractivity contribution < 1.29 is 22.6 Å². The van der Waals surface area contributed by atoms with E-state index in [2.05, 4.69) is 4.74 Å². The van der Waals surface area contributed by atoms with Crippen molar-refractivity contribution in [2.75, 3.05) is 13.4 Å². The fourth-order valence-corrected chi connectivity index (χ4v) is 1.25. The van der Waals surface area contributed by atoms with Gasteiger partial charge in [-0.05, 0) is 13.0 Å². The number of ether oxygens (including phenoxy) is 2. The van der Waals surface area contributed by atoms with Gasteiger partial charge in [-0.25, -0.2) is 0 Å². The minimum atomic E-state index is -4.34. The Morgan fingerprint density at radius 3 is 2.53 bits per heavy atom. The predicted molar refractivity (Wildman–Crippen MR) is 56.5 cm³/mol. The average molecular weight is 249 g/mol. The van der Waals surface area contributed by atoms with Crippen LogP contribution in [-0.2, 0) is 4.74 Å². The van der Waals surface area contributed by atoms with E-state index in [-0.39, 0.29) is 6.04 Å². The maximum absolute atomic E-state index is 11.8. The highest BCUT2D eigenvalue weighted by Crippen LogP contribution is 2.23. The second kappa shape index (κ2) is 5.88. The van der Waals surface area contributed by atoms with Gasteiger partial charge in [0.05, 0.1) is 0 Å². The highest BCUT2D eigenvalue weighted by Gasteiger charge is 2.27. The number of rotatable bonds is 5. The first-order valence-corrected chi connectivity index (χ1v) is 5.02. The van der Waals surface area contributed by atoms with Gasteiger partial charge in [-0.1, -0.05) is 18.2 Å². The second-order valence-electron chi connectivity index (χ2n) is 3.55. The van der Waals surface area contributed by atoms with Gasteiger partial charge in [0.25, 0.3) is 0 Å². The molecule has 6 heteroatoms. The summed E-state index contributed by atoms with van der Waals surface area (Å²) in [7, 11) is 0. The van der Waals surface area contributed by atoms with Crippen LogP contribution in [-0.4, -0.2) is 19.6 Å². The zero-order chi connectivity index (χ0) is 12.9. The van der Waals surface area contributed by atoms with Crippen LogP contribution < -0.4 is 10.5 Å². The first-order chi connectivity index (χ1) is 7.90. The van der Waals surface area contributed by atoms with E-state index in [1.165, 1.54) is 0 Å². The maximum Gasteiger partial charge on any atom is 0.411 e. The predicted octanol–water partition coefficient (Wildman–Crippen LogP) is 2.62. The normalized spacial score (nSPS) is 13.5. The molecule has 0 saturated carbocycles. The molecular formula is C11H14F3NO2. The Bertz CT molecular complexity index is 353. The monoisotopic (exact) mass is 249 g/mol. The molecule has 0 spiro atoms.